The van der Waals surface area contributed by atoms with Gasteiger partial charge in [-0.1, -0.05) is 62.6 Å². The Hall–Kier alpha value is -1.51. The minimum atomic E-state index is -0.158. The van der Waals surface area contributed by atoms with Gasteiger partial charge in [0.15, 0.2) is 0 Å². The molecule has 1 aromatic rings. The minimum absolute atomic E-state index is 0.158. The van der Waals surface area contributed by atoms with Crippen LogP contribution >= 0.6 is 0 Å². The summed E-state index contributed by atoms with van der Waals surface area (Å²) in [6.07, 6.45) is 4.18. The minimum Gasteiger partial charge on any atom is -0.450 e. The number of hydrogen-bond acceptors (Lipinski definition) is 2. The Morgan fingerprint density at radius 1 is 1.00 bits per heavy atom. The van der Waals surface area contributed by atoms with E-state index in [0.717, 1.165) is 38.8 Å². The monoisotopic (exact) mass is 293 g/mol. The highest BCUT2D eigenvalue weighted by Gasteiger charge is 2.12. The lowest BCUT2D eigenvalue weighted by molar-refractivity contribution is 0.106. The van der Waals surface area contributed by atoms with E-state index >= 15 is 0 Å². The van der Waals surface area contributed by atoms with Crippen molar-refractivity contribution in [3.8, 4) is 0 Å². The van der Waals surface area contributed by atoms with Crippen LogP contribution < -0.4 is 0 Å². The highest BCUT2D eigenvalue weighted by molar-refractivity contribution is 5.67. The summed E-state index contributed by atoms with van der Waals surface area (Å²) < 4.78 is 4.99. The lowest BCUT2D eigenvalue weighted by Crippen LogP contribution is -2.33. The Kier molecular flexibility index (Phi) is 12.5. The molecule has 0 radical (unpaired) electrons. The molecule has 1 rings (SSSR count). The van der Waals surface area contributed by atoms with Crippen molar-refractivity contribution in [1.82, 2.24) is 4.90 Å². The molecule has 0 atom stereocenters. The number of unbranched alkanes of at least 4 members (excludes halogenated alkanes) is 2. The van der Waals surface area contributed by atoms with Crippen LogP contribution in [-0.4, -0.2) is 30.7 Å². The quantitative estimate of drug-likeness (QED) is 0.705. The number of benzene rings is 1. The van der Waals surface area contributed by atoms with Crippen LogP contribution in [0.15, 0.2) is 30.3 Å². The molecule has 0 unspecified atom stereocenters. The summed E-state index contributed by atoms with van der Waals surface area (Å²) in [7, 11) is 0. The number of ether oxygens (including phenoxy) is 1. The zero-order valence-corrected chi connectivity index (χ0v) is 14.1. The number of hydrogen-bond donors (Lipinski definition) is 0. The molecule has 3 nitrogen and oxygen atoms in total. The normalized spacial score (nSPS) is 9.52. The fourth-order valence-electron chi connectivity index (χ4n) is 1.74. The molecular weight excluding hydrogens is 262 g/mol. The van der Waals surface area contributed by atoms with Gasteiger partial charge in [0.25, 0.3) is 0 Å². The molecule has 0 fully saturated rings. The molecule has 0 aliphatic carbocycles. The van der Waals surface area contributed by atoms with Gasteiger partial charge in [-0.2, -0.15) is 0 Å². The van der Waals surface area contributed by atoms with Gasteiger partial charge in [-0.05, 0) is 26.7 Å². The predicted octanol–water partition coefficient (Wildman–Crippen LogP) is 5.04. The highest BCUT2D eigenvalue weighted by Crippen LogP contribution is 2.01. The van der Waals surface area contributed by atoms with Crippen LogP contribution in [0.1, 0.15) is 52.0 Å². The van der Waals surface area contributed by atoms with E-state index in [1.54, 1.807) is 0 Å². The Bertz CT molecular complexity index is 343. The zero-order valence-electron chi connectivity index (χ0n) is 14.1. The number of carbonyl (C=O) groups excluding carboxylic acids is 1. The topological polar surface area (TPSA) is 29.5 Å². The summed E-state index contributed by atoms with van der Waals surface area (Å²) in [6, 6.07) is 10.3. The third-order valence-corrected chi connectivity index (χ3v) is 3.03. The van der Waals surface area contributed by atoms with E-state index in [1.165, 1.54) is 5.56 Å². The standard InChI is InChI=1S/C11H23NO2.C7H8/c1-4-7-9-12(10-8-5-2)11(13)14-6-3;1-7-5-3-2-4-6-7/h4-10H2,1-3H3;2-6H,1H3. The molecular formula is C18H31NO2. The molecule has 0 bridgehead atoms. The van der Waals surface area contributed by atoms with Gasteiger partial charge in [0.05, 0.1) is 6.61 Å². The third kappa shape index (κ3) is 10.9. The van der Waals surface area contributed by atoms with E-state index in [2.05, 4.69) is 32.9 Å². The summed E-state index contributed by atoms with van der Waals surface area (Å²) in [5, 5.41) is 0. The van der Waals surface area contributed by atoms with Gasteiger partial charge in [0, 0.05) is 13.1 Å². The second-order valence-electron chi connectivity index (χ2n) is 5.05. The average Bonchev–Trinajstić information content (AvgIpc) is 2.49. The summed E-state index contributed by atoms with van der Waals surface area (Å²) in [4.78, 5) is 13.3. The first-order valence-electron chi connectivity index (χ1n) is 8.08. The number of rotatable bonds is 7. The lowest BCUT2D eigenvalue weighted by Gasteiger charge is -2.21. The van der Waals surface area contributed by atoms with Gasteiger partial charge in [-0.25, -0.2) is 4.79 Å². The van der Waals surface area contributed by atoms with Gasteiger partial charge in [-0.3, -0.25) is 0 Å². The molecule has 0 saturated carbocycles. The SMILES string of the molecule is CCCCN(CCCC)C(=O)OCC.Cc1ccccc1. The molecule has 120 valence electrons. The molecule has 0 aliphatic rings. The molecule has 0 N–H and O–H groups in total. The number of aryl methyl sites for hydroxylation is 1. The van der Waals surface area contributed by atoms with Crippen molar-refractivity contribution in [3.63, 3.8) is 0 Å². The zero-order chi connectivity index (χ0) is 15.9. The molecule has 21 heavy (non-hydrogen) atoms. The van der Waals surface area contributed by atoms with Crippen LogP contribution in [0.3, 0.4) is 0 Å². The first kappa shape index (κ1) is 19.5. The maximum atomic E-state index is 11.5. The summed E-state index contributed by atoms with van der Waals surface area (Å²) in [6.45, 7) is 10.3. The van der Waals surface area contributed by atoms with Crippen LogP contribution in [0.2, 0.25) is 0 Å². The van der Waals surface area contributed by atoms with Gasteiger partial charge in [0.2, 0.25) is 0 Å². The van der Waals surface area contributed by atoms with Gasteiger partial charge < -0.3 is 9.64 Å². The average molecular weight is 293 g/mol. The summed E-state index contributed by atoms with van der Waals surface area (Å²) in [5.74, 6) is 0. The van der Waals surface area contributed by atoms with Crippen molar-refractivity contribution in [2.75, 3.05) is 19.7 Å². The Labute approximate surface area is 130 Å². The first-order valence-corrected chi connectivity index (χ1v) is 8.08. The molecule has 0 aliphatic heterocycles. The fraction of sp³-hybridized carbons (Fsp3) is 0.611. The molecule has 0 saturated heterocycles. The Morgan fingerprint density at radius 3 is 1.86 bits per heavy atom. The van der Waals surface area contributed by atoms with Crippen LogP contribution in [0.5, 0.6) is 0 Å². The molecule has 0 spiro atoms. The molecule has 0 aromatic heterocycles. The maximum absolute atomic E-state index is 11.5. The molecule has 1 amide bonds. The van der Waals surface area contributed by atoms with Crippen LogP contribution in [0.25, 0.3) is 0 Å². The largest absolute Gasteiger partial charge is 0.450 e. The van der Waals surface area contributed by atoms with Crippen molar-refractivity contribution in [1.29, 1.82) is 0 Å². The summed E-state index contributed by atoms with van der Waals surface area (Å²) in [5.41, 5.74) is 1.32. The van der Waals surface area contributed by atoms with E-state index in [9.17, 15) is 4.79 Å². The third-order valence-electron chi connectivity index (χ3n) is 3.03. The van der Waals surface area contributed by atoms with E-state index < -0.39 is 0 Å². The van der Waals surface area contributed by atoms with E-state index in [4.69, 9.17) is 4.74 Å². The van der Waals surface area contributed by atoms with E-state index in [0.29, 0.717) is 6.61 Å². The predicted molar refractivity (Wildman–Crippen MR) is 89.6 cm³/mol. The first-order chi connectivity index (χ1) is 10.2. The second kappa shape index (κ2) is 13.5. The Balaban J connectivity index is 0.000000471. The van der Waals surface area contributed by atoms with Crippen LogP contribution in [0, 0.1) is 6.92 Å². The van der Waals surface area contributed by atoms with Gasteiger partial charge >= 0.3 is 6.09 Å². The van der Waals surface area contributed by atoms with Crippen molar-refractivity contribution in [3.05, 3.63) is 35.9 Å². The Morgan fingerprint density at radius 2 is 1.52 bits per heavy atom. The smallest absolute Gasteiger partial charge is 0.409 e. The van der Waals surface area contributed by atoms with Crippen LogP contribution in [0.4, 0.5) is 4.79 Å². The van der Waals surface area contributed by atoms with Crippen molar-refractivity contribution < 1.29 is 9.53 Å². The van der Waals surface area contributed by atoms with Crippen molar-refractivity contribution in [2.24, 2.45) is 0 Å². The van der Waals surface area contributed by atoms with Crippen LogP contribution in [-0.2, 0) is 4.74 Å². The number of nitrogens with zero attached hydrogens (tertiary/aromatic N) is 1. The van der Waals surface area contributed by atoms with E-state index in [-0.39, 0.29) is 6.09 Å². The number of amides is 1. The molecule has 1 aromatic carbocycles. The van der Waals surface area contributed by atoms with E-state index in [1.807, 2.05) is 30.0 Å². The second-order valence-corrected chi connectivity index (χ2v) is 5.05. The van der Waals surface area contributed by atoms with Gasteiger partial charge in [-0.15, -0.1) is 0 Å². The van der Waals surface area contributed by atoms with Crippen molar-refractivity contribution in [2.45, 2.75) is 53.4 Å². The van der Waals surface area contributed by atoms with Gasteiger partial charge in [0.1, 0.15) is 0 Å². The highest BCUT2D eigenvalue weighted by atomic mass is 16.6. The van der Waals surface area contributed by atoms with Crippen molar-refractivity contribution >= 4 is 6.09 Å². The number of carbonyl (C=O) groups is 1. The summed E-state index contributed by atoms with van der Waals surface area (Å²) >= 11 is 0. The maximum Gasteiger partial charge on any atom is 0.409 e. The molecule has 0 heterocycles. The lowest BCUT2D eigenvalue weighted by atomic mass is 10.2. The molecule has 3 heteroatoms. The fourth-order valence-corrected chi connectivity index (χ4v) is 1.74.